The zero-order valence-electron chi connectivity index (χ0n) is 20.6. The Morgan fingerprint density at radius 3 is 2.44 bits per heavy atom. The van der Waals surface area contributed by atoms with E-state index in [1.54, 1.807) is 31.2 Å². The fourth-order valence-corrected chi connectivity index (χ4v) is 4.31. The summed E-state index contributed by atoms with van der Waals surface area (Å²) in [5.74, 6) is -0.281. The van der Waals surface area contributed by atoms with Crippen LogP contribution in [-0.2, 0) is 26.2 Å². The Labute approximate surface area is 202 Å². The number of methoxy groups -OCH3 is 1. The molecular formula is C25H35N3O5S. The number of ether oxygens (including phenoxy) is 1. The minimum absolute atomic E-state index is 0.184. The van der Waals surface area contributed by atoms with Crippen molar-refractivity contribution in [3.05, 3.63) is 59.7 Å². The third-order valence-electron chi connectivity index (χ3n) is 5.62. The van der Waals surface area contributed by atoms with Crippen LogP contribution in [0.5, 0.6) is 5.75 Å². The first-order valence-corrected chi connectivity index (χ1v) is 13.2. The van der Waals surface area contributed by atoms with Gasteiger partial charge in [-0.05, 0) is 43.5 Å². The van der Waals surface area contributed by atoms with Gasteiger partial charge in [-0.3, -0.25) is 13.9 Å². The molecule has 0 saturated carbocycles. The number of amides is 2. The molecule has 0 heterocycles. The number of rotatable bonds is 12. The summed E-state index contributed by atoms with van der Waals surface area (Å²) < 4.78 is 31.5. The maximum atomic E-state index is 13.5. The van der Waals surface area contributed by atoms with Crippen LogP contribution < -0.4 is 14.4 Å². The lowest BCUT2D eigenvalue weighted by Crippen LogP contribution is -2.51. The summed E-state index contributed by atoms with van der Waals surface area (Å²) in [5.41, 5.74) is 2.18. The average molecular weight is 490 g/mol. The predicted octanol–water partition coefficient (Wildman–Crippen LogP) is 3.10. The van der Waals surface area contributed by atoms with Gasteiger partial charge in [0.05, 0.1) is 19.1 Å². The number of anilines is 1. The first kappa shape index (κ1) is 27.2. The van der Waals surface area contributed by atoms with Gasteiger partial charge in [-0.1, -0.05) is 43.7 Å². The number of hydrogen-bond donors (Lipinski definition) is 1. The summed E-state index contributed by atoms with van der Waals surface area (Å²) >= 11 is 0. The minimum atomic E-state index is -3.79. The highest BCUT2D eigenvalue weighted by molar-refractivity contribution is 7.92. The van der Waals surface area contributed by atoms with Crippen molar-refractivity contribution in [2.45, 2.75) is 46.2 Å². The highest BCUT2D eigenvalue weighted by atomic mass is 32.2. The van der Waals surface area contributed by atoms with Crippen molar-refractivity contribution in [3.8, 4) is 5.75 Å². The van der Waals surface area contributed by atoms with Crippen molar-refractivity contribution >= 4 is 27.5 Å². The van der Waals surface area contributed by atoms with Crippen LogP contribution in [-0.4, -0.2) is 57.6 Å². The molecule has 0 fully saturated rings. The van der Waals surface area contributed by atoms with E-state index in [1.165, 1.54) is 12.0 Å². The predicted molar refractivity (Wildman–Crippen MR) is 134 cm³/mol. The fraction of sp³-hybridized carbons (Fsp3) is 0.440. The second-order valence-electron chi connectivity index (χ2n) is 8.24. The fourth-order valence-electron chi connectivity index (χ4n) is 3.47. The van der Waals surface area contributed by atoms with Crippen molar-refractivity contribution in [3.63, 3.8) is 0 Å². The molecule has 8 nitrogen and oxygen atoms in total. The standard InChI is InChI=1S/C25H35N3O5S/c1-6-7-15-26-25(30)20(3)27(17-21-12-9-8-11-19(21)2)24(29)18-28(34(5,31)32)22-13-10-14-23(16-22)33-4/h8-14,16,20H,6-7,15,17-18H2,1-5H3,(H,26,30). The van der Waals surface area contributed by atoms with Gasteiger partial charge in [0.15, 0.2) is 0 Å². The first-order chi connectivity index (χ1) is 16.1. The molecule has 0 spiro atoms. The van der Waals surface area contributed by atoms with E-state index in [1.807, 2.05) is 38.1 Å². The monoisotopic (exact) mass is 489 g/mol. The van der Waals surface area contributed by atoms with Gasteiger partial charge in [-0.25, -0.2) is 8.42 Å². The average Bonchev–Trinajstić information content (AvgIpc) is 2.80. The van der Waals surface area contributed by atoms with E-state index in [2.05, 4.69) is 5.32 Å². The molecule has 0 bridgehead atoms. The number of nitrogens with zero attached hydrogens (tertiary/aromatic N) is 2. The van der Waals surface area contributed by atoms with E-state index in [9.17, 15) is 18.0 Å². The van der Waals surface area contributed by atoms with E-state index >= 15 is 0 Å². The molecule has 34 heavy (non-hydrogen) atoms. The van der Waals surface area contributed by atoms with Crippen LogP contribution in [0.2, 0.25) is 0 Å². The maximum Gasteiger partial charge on any atom is 0.244 e. The van der Waals surface area contributed by atoms with E-state index in [-0.39, 0.29) is 12.5 Å². The van der Waals surface area contributed by atoms with Gasteiger partial charge in [0.2, 0.25) is 21.8 Å². The van der Waals surface area contributed by atoms with E-state index in [4.69, 9.17) is 4.74 Å². The lowest BCUT2D eigenvalue weighted by Gasteiger charge is -2.32. The van der Waals surface area contributed by atoms with Crippen molar-refractivity contribution in [2.75, 3.05) is 30.8 Å². The molecule has 0 aliphatic carbocycles. The number of nitrogens with one attached hydrogen (secondary N) is 1. The highest BCUT2D eigenvalue weighted by Crippen LogP contribution is 2.24. The van der Waals surface area contributed by atoms with Crippen LogP contribution in [0.1, 0.15) is 37.8 Å². The lowest BCUT2D eigenvalue weighted by atomic mass is 10.1. The molecule has 0 aliphatic heterocycles. The molecule has 0 radical (unpaired) electrons. The van der Waals surface area contributed by atoms with Gasteiger partial charge in [0.25, 0.3) is 0 Å². The molecule has 9 heteroatoms. The molecule has 2 aromatic carbocycles. The van der Waals surface area contributed by atoms with E-state index < -0.39 is 28.5 Å². The number of carbonyl (C=O) groups excluding carboxylic acids is 2. The number of unbranched alkanes of at least 4 members (excludes halogenated alkanes) is 1. The van der Waals surface area contributed by atoms with Gasteiger partial charge in [-0.15, -0.1) is 0 Å². The third kappa shape index (κ3) is 7.48. The Morgan fingerprint density at radius 2 is 1.82 bits per heavy atom. The number of benzene rings is 2. The molecule has 1 unspecified atom stereocenters. The van der Waals surface area contributed by atoms with Crippen molar-refractivity contribution < 1.29 is 22.7 Å². The molecule has 0 saturated heterocycles. The Hall–Kier alpha value is -3.07. The largest absolute Gasteiger partial charge is 0.497 e. The number of aryl methyl sites for hydroxylation is 1. The van der Waals surface area contributed by atoms with Crippen molar-refractivity contribution in [1.29, 1.82) is 0 Å². The van der Waals surface area contributed by atoms with Crippen molar-refractivity contribution in [1.82, 2.24) is 10.2 Å². The summed E-state index contributed by atoms with van der Waals surface area (Å²) in [6.45, 7) is 5.89. The second-order valence-corrected chi connectivity index (χ2v) is 10.1. The summed E-state index contributed by atoms with van der Waals surface area (Å²) in [6.07, 6.45) is 2.82. The quantitative estimate of drug-likeness (QED) is 0.462. The summed E-state index contributed by atoms with van der Waals surface area (Å²) in [6, 6.07) is 13.3. The van der Waals surface area contributed by atoms with Crippen LogP contribution >= 0.6 is 0 Å². The third-order valence-corrected chi connectivity index (χ3v) is 6.76. The lowest BCUT2D eigenvalue weighted by molar-refractivity contribution is -0.139. The van der Waals surface area contributed by atoms with Gasteiger partial charge in [0.1, 0.15) is 18.3 Å². The summed E-state index contributed by atoms with van der Waals surface area (Å²) in [5, 5.41) is 2.87. The normalized spacial score (nSPS) is 12.0. The number of carbonyl (C=O) groups is 2. The zero-order valence-corrected chi connectivity index (χ0v) is 21.4. The molecular weight excluding hydrogens is 454 g/mol. The minimum Gasteiger partial charge on any atom is -0.497 e. The van der Waals surface area contributed by atoms with Gasteiger partial charge < -0.3 is 15.0 Å². The Bertz CT molecular complexity index is 1090. The Kier molecular flexibility index (Phi) is 9.92. The van der Waals surface area contributed by atoms with Gasteiger partial charge in [0, 0.05) is 19.2 Å². The molecule has 186 valence electrons. The van der Waals surface area contributed by atoms with E-state index in [0.29, 0.717) is 18.0 Å². The van der Waals surface area contributed by atoms with E-state index in [0.717, 1.165) is 34.5 Å². The molecule has 2 rings (SSSR count). The second kappa shape index (κ2) is 12.4. The van der Waals surface area contributed by atoms with Crippen molar-refractivity contribution in [2.24, 2.45) is 0 Å². The van der Waals surface area contributed by atoms with Crippen LogP contribution in [0.3, 0.4) is 0 Å². The SMILES string of the molecule is CCCCNC(=O)C(C)N(Cc1ccccc1C)C(=O)CN(c1cccc(OC)c1)S(C)(=O)=O. The summed E-state index contributed by atoms with van der Waals surface area (Å²) in [4.78, 5) is 27.8. The maximum absolute atomic E-state index is 13.5. The molecule has 2 amide bonds. The molecule has 1 atom stereocenters. The molecule has 1 N–H and O–H groups in total. The van der Waals surface area contributed by atoms with Crippen LogP contribution in [0.4, 0.5) is 5.69 Å². The highest BCUT2D eigenvalue weighted by Gasteiger charge is 2.30. The number of hydrogen-bond acceptors (Lipinski definition) is 5. The van der Waals surface area contributed by atoms with Crippen LogP contribution in [0.15, 0.2) is 48.5 Å². The summed E-state index contributed by atoms with van der Waals surface area (Å²) in [7, 11) is -2.30. The first-order valence-electron chi connectivity index (χ1n) is 11.3. The molecule has 2 aromatic rings. The number of sulfonamides is 1. The molecule has 0 aromatic heterocycles. The zero-order chi connectivity index (χ0) is 25.3. The van der Waals surface area contributed by atoms with Crippen LogP contribution in [0.25, 0.3) is 0 Å². The Morgan fingerprint density at radius 1 is 1.12 bits per heavy atom. The van der Waals surface area contributed by atoms with Gasteiger partial charge >= 0.3 is 0 Å². The van der Waals surface area contributed by atoms with Crippen LogP contribution in [0, 0.1) is 6.92 Å². The van der Waals surface area contributed by atoms with Gasteiger partial charge in [-0.2, -0.15) is 0 Å². The Balaban J connectivity index is 2.37. The topological polar surface area (TPSA) is 96.0 Å². The smallest absolute Gasteiger partial charge is 0.244 e. The molecule has 0 aliphatic rings.